The van der Waals surface area contributed by atoms with Crippen LogP contribution >= 0.6 is 0 Å². The smallest absolute Gasteiger partial charge is 0.321 e. The number of ether oxygens (including phenoxy) is 2. The molecule has 5 rings (SSSR count). The summed E-state index contributed by atoms with van der Waals surface area (Å²) >= 11 is 0. The van der Waals surface area contributed by atoms with E-state index in [1.807, 2.05) is 67.6 Å². The maximum Gasteiger partial charge on any atom is 0.321 e. The number of carbonyl (C=O) groups excluding carboxylic acids is 1. The van der Waals surface area contributed by atoms with Gasteiger partial charge in [0.25, 0.3) is 0 Å². The van der Waals surface area contributed by atoms with E-state index in [9.17, 15) is 4.79 Å². The lowest BCUT2D eigenvalue weighted by Crippen LogP contribution is -2.60. The highest BCUT2D eigenvalue weighted by Crippen LogP contribution is 2.52. The zero-order chi connectivity index (χ0) is 19.5. The molecule has 3 saturated heterocycles. The number of fused-ring (bicyclic) bond motifs is 5. The lowest BCUT2D eigenvalue weighted by atomic mass is 9.76. The number of esters is 1. The molecule has 3 aliphatic heterocycles. The summed E-state index contributed by atoms with van der Waals surface area (Å²) in [4.78, 5) is 13.6. The maximum atomic E-state index is 13.6. The Morgan fingerprint density at radius 3 is 1.83 bits per heavy atom. The molecule has 3 unspecified atom stereocenters. The van der Waals surface area contributed by atoms with Crippen LogP contribution in [0.5, 0.6) is 0 Å². The van der Waals surface area contributed by atoms with Crippen LogP contribution < -0.4 is 0 Å². The van der Waals surface area contributed by atoms with Gasteiger partial charge < -0.3 is 14.0 Å². The average Bonchev–Trinajstić information content (AvgIpc) is 3.47. The van der Waals surface area contributed by atoms with Crippen molar-refractivity contribution >= 4 is 5.97 Å². The first-order valence-electron chi connectivity index (χ1n) is 10.2. The SMILES string of the molecule is C.CC(C(=O)OC1CC2C3O[C@@H]3[C@H](C1)[N+]2(C)C)(c1ccccc1)c1ccccc1. The van der Waals surface area contributed by atoms with Gasteiger partial charge in [-0.15, -0.1) is 0 Å². The van der Waals surface area contributed by atoms with Crippen LogP contribution in [0.3, 0.4) is 0 Å². The average molecular weight is 395 g/mol. The third-order valence-corrected chi connectivity index (χ3v) is 7.42. The molecule has 0 radical (unpaired) electrons. The number of hydrogen-bond donors (Lipinski definition) is 0. The Balaban J connectivity index is 0.00000205. The molecule has 0 spiro atoms. The predicted octanol–water partition coefficient (Wildman–Crippen LogP) is 3.93. The Kier molecular flexibility index (Phi) is 4.83. The summed E-state index contributed by atoms with van der Waals surface area (Å²) in [5.74, 6) is -0.156. The minimum atomic E-state index is -0.817. The molecule has 3 fully saturated rings. The summed E-state index contributed by atoms with van der Waals surface area (Å²) in [6.45, 7) is 1.98. The molecule has 0 amide bonds. The highest BCUT2D eigenvalue weighted by atomic mass is 16.6. The molecule has 0 saturated carbocycles. The Labute approximate surface area is 174 Å². The summed E-state index contributed by atoms with van der Waals surface area (Å²) in [6, 6.07) is 20.8. The van der Waals surface area contributed by atoms with Gasteiger partial charge in [0, 0.05) is 12.8 Å². The summed E-state index contributed by atoms with van der Waals surface area (Å²) in [5, 5.41) is 0. The Morgan fingerprint density at radius 2 is 1.38 bits per heavy atom. The number of carbonyl (C=O) groups is 1. The third-order valence-electron chi connectivity index (χ3n) is 7.42. The van der Waals surface area contributed by atoms with Gasteiger partial charge in [0.15, 0.2) is 0 Å². The lowest BCUT2D eigenvalue weighted by Gasteiger charge is -2.45. The van der Waals surface area contributed by atoms with Crippen molar-refractivity contribution in [3.8, 4) is 0 Å². The van der Waals surface area contributed by atoms with E-state index in [1.54, 1.807) is 0 Å². The monoisotopic (exact) mass is 394 g/mol. The molecule has 154 valence electrons. The molecule has 2 bridgehead atoms. The van der Waals surface area contributed by atoms with Gasteiger partial charge in [-0.2, -0.15) is 0 Å². The number of hydrogen-bond acceptors (Lipinski definition) is 3. The van der Waals surface area contributed by atoms with Gasteiger partial charge in [0.1, 0.15) is 35.8 Å². The summed E-state index contributed by atoms with van der Waals surface area (Å²) in [5.41, 5.74) is 1.11. The van der Waals surface area contributed by atoms with Crippen LogP contribution in [0.1, 0.15) is 38.3 Å². The van der Waals surface area contributed by atoms with Crippen molar-refractivity contribution in [1.29, 1.82) is 0 Å². The second kappa shape index (κ2) is 6.96. The van der Waals surface area contributed by atoms with E-state index in [2.05, 4.69) is 14.1 Å². The van der Waals surface area contributed by atoms with Crippen molar-refractivity contribution in [3.05, 3.63) is 71.8 Å². The number of likely N-dealkylation sites (N-methyl/N-ethyl adjacent to an activating group) is 1. The first kappa shape index (κ1) is 20.1. The number of piperidine rings is 1. The molecule has 4 heteroatoms. The fourth-order valence-corrected chi connectivity index (χ4v) is 5.52. The van der Waals surface area contributed by atoms with Crippen LogP contribution in [-0.4, -0.2) is 54.9 Å². The molecular formula is C25H32NO3+. The van der Waals surface area contributed by atoms with Gasteiger partial charge in [-0.05, 0) is 18.1 Å². The summed E-state index contributed by atoms with van der Waals surface area (Å²) in [7, 11) is 4.59. The van der Waals surface area contributed by atoms with Crippen LogP contribution in [0.25, 0.3) is 0 Å². The molecule has 3 aliphatic rings. The van der Waals surface area contributed by atoms with Crippen LogP contribution in [0, 0.1) is 0 Å². The van der Waals surface area contributed by atoms with E-state index in [0.717, 1.165) is 28.5 Å². The van der Waals surface area contributed by atoms with E-state index < -0.39 is 5.41 Å². The van der Waals surface area contributed by atoms with Crippen molar-refractivity contribution in [1.82, 2.24) is 0 Å². The molecule has 0 aromatic heterocycles. The van der Waals surface area contributed by atoms with Crippen molar-refractivity contribution in [3.63, 3.8) is 0 Å². The maximum absolute atomic E-state index is 13.6. The van der Waals surface area contributed by atoms with Gasteiger partial charge in [0.05, 0.1) is 14.1 Å². The van der Waals surface area contributed by atoms with Gasteiger partial charge in [0.2, 0.25) is 0 Å². The van der Waals surface area contributed by atoms with Crippen LogP contribution in [0.2, 0.25) is 0 Å². The number of benzene rings is 2. The fraction of sp³-hybridized carbons (Fsp3) is 0.480. The molecule has 2 aromatic carbocycles. The molecule has 0 aliphatic carbocycles. The largest absolute Gasteiger partial charge is 0.461 e. The number of rotatable bonds is 4. The van der Waals surface area contributed by atoms with Gasteiger partial charge in [-0.1, -0.05) is 68.1 Å². The highest BCUT2D eigenvalue weighted by molar-refractivity contribution is 5.87. The Bertz CT molecular complexity index is 820. The number of morpholine rings is 1. The van der Waals surface area contributed by atoms with E-state index in [4.69, 9.17) is 9.47 Å². The van der Waals surface area contributed by atoms with Gasteiger partial charge in [-0.25, -0.2) is 0 Å². The first-order valence-corrected chi connectivity index (χ1v) is 10.2. The lowest BCUT2D eigenvalue weighted by molar-refractivity contribution is -0.938. The molecule has 4 nitrogen and oxygen atoms in total. The molecule has 5 atom stereocenters. The number of nitrogens with zero attached hydrogens (tertiary/aromatic N) is 1. The van der Waals surface area contributed by atoms with Crippen molar-refractivity contribution in [2.75, 3.05) is 14.1 Å². The van der Waals surface area contributed by atoms with Crippen molar-refractivity contribution < 1.29 is 18.8 Å². The molecule has 29 heavy (non-hydrogen) atoms. The Hall–Kier alpha value is -2.17. The van der Waals surface area contributed by atoms with E-state index in [-0.39, 0.29) is 19.5 Å². The normalized spacial score (nSPS) is 31.3. The zero-order valence-corrected chi connectivity index (χ0v) is 16.7. The van der Waals surface area contributed by atoms with E-state index >= 15 is 0 Å². The highest BCUT2D eigenvalue weighted by Gasteiger charge is 2.70. The van der Waals surface area contributed by atoms with Crippen molar-refractivity contribution in [2.45, 2.75) is 63.0 Å². The zero-order valence-electron chi connectivity index (χ0n) is 16.7. The number of quaternary nitrogens is 1. The molecule has 2 aromatic rings. The van der Waals surface area contributed by atoms with Gasteiger partial charge >= 0.3 is 5.97 Å². The van der Waals surface area contributed by atoms with E-state index in [1.165, 1.54) is 0 Å². The molecular weight excluding hydrogens is 362 g/mol. The predicted molar refractivity (Wildman–Crippen MR) is 114 cm³/mol. The topological polar surface area (TPSA) is 38.8 Å². The third kappa shape index (κ3) is 3.01. The standard InChI is InChI=1S/C24H28NO3.CH4/c1-24(16-10-6-4-7-11-16,17-12-8-5-9-13-17)23(26)27-18-14-19-21-22(28-21)20(15-18)25(19,2)3;/h4-13,18-22H,14-15H2,1-3H3;1H4/q+1;/t18?,19-,20?,21+,22?;/m0./s1. The quantitative estimate of drug-likeness (QED) is 0.448. The summed E-state index contributed by atoms with van der Waals surface area (Å²) < 4.78 is 13.1. The van der Waals surface area contributed by atoms with Crippen LogP contribution in [-0.2, 0) is 19.7 Å². The Morgan fingerprint density at radius 1 is 0.931 bits per heavy atom. The second-order valence-corrected chi connectivity index (χ2v) is 9.18. The molecule has 0 N–H and O–H groups in total. The summed E-state index contributed by atoms with van der Waals surface area (Å²) in [6.07, 6.45) is 2.46. The fourth-order valence-electron chi connectivity index (χ4n) is 5.52. The van der Waals surface area contributed by atoms with Crippen molar-refractivity contribution in [2.24, 2.45) is 0 Å². The number of epoxide rings is 1. The van der Waals surface area contributed by atoms with E-state index in [0.29, 0.717) is 24.3 Å². The second-order valence-electron chi connectivity index (χ2n) is 9.18. The van der Waals surface area contributed by atoms with Crippen LogP contribution in [0.4, 0.5) is 0 Å². The minimum absolute atomic E-state index is 0. The van der Waals surface area contributed by atoms with Crippen LogP contribution in [0.15, 0.2) is 60.7 Å². The van der Waals surface area contributed by atoms with Gasteiger partial charge in [-0.3, -0.25) is 4.79 Å². The first-order chi connectivity index (χ1) is 13.4. The minimum Gasteiger partial charge on any atom is -0.461 e. The molecule has 3 heterocycles.